The van der Waals surface area contributed by atoms with Crippen molar-refractivity contribution in [3.05, 3.63) is 60.2 Å². The zero-order chi connectivity index (χ0) is 17.7. The van der Waals surface area contributed by atoms with Crippen LogP contribution in [0.4, 0.5) is 0 Å². The molecule has 0 saturated carbocycles. The van der Waals surface area contributed by atoms with Gasteiger partial charge in [0.2, 0.25) is 0 Å². The van der Waals surface area contributed by atoms with Crippen molar-refractivity contribution in [2.75, 3.05) is 13.2 Å². The standard InChI is InChI=1S/C21H25NO3/c1-16(22-20(23)21(24)11-13-25-14-12-21)15-17-7-9-19(10-8-17)18-5-3-2-4-6-18/h2-10,16,24H,11-15H2,1H3,(H,22,23)/t16-/m0/s1. The summed E-state index contributed by atoms with van der Waals surface area (Å²) in [6.45, 7) is 2.82. The predicted octanol–water partition coefficient (Wildman–Crippen LogP) is 2.94. The smallest absolute Gasteiger partial charge is 0.252 e. The number of benzene rings is 2. The number of hydrogen-bond donors (Lipinski definition) is 2. The number of aliphatic hydroxyl groups is 1. The molecule has 4 nitrogen and oxygen atoms in total. The summed E-state index contributed by atoms with van der Waals surface area (Å²) >= 11 is 0. The summed E-state index contributed by atoms with van der Waals surface area (Å²) < 4.78 is 5.22. The molecule has 2 aromatic carbocycles. The molecule has 25 heavy (non-hydrogen) atoms. The average molecular weight is 339 g/mol. The third kappa shape index (κ3) is 4.47. The minimum Gasteiger partial charge on any atom is -0.381 e. The SMILES string of the molecule is C[C@@H](Cc1ccc(-c2ccccc2)cc1)NC(=O)C1(O)CCOCC1. The van der Waals surface area contributed by atoms with Gasteiger partial charge in [-0.15, -0.1) is 0 Å². The van der Waals surface area contributed by atoms with E-state index in [0.717, 1.165) is 12.0 Å². The van der Waals surface area contributed by atoms with Crippen LogP contribution in [0, 0.1) is 0 Å². The lowest BCUT2D eigenvalue weighted by Gasteiger charge is -2.31. The molecule has 3 rings (SSSR count). The topological polar surface area (TPSA) is 58.6 Å². The first-order chi connectivity index (χ1) is 12.1. The maximum absolute atomic E-state index is 12.3. The van der Waals surface area contributed by atoms with Gasteiger partial charge in [0.15, 0.2) is 0 Å². The van der Waals surface area contributed by atoms with E-state index in [0.29, 0.717) is 26.1 Å². The number of carbonyl (C=O) groups is 1. The first kappa shape index (κ1) is 17.6. The minimum atomic E-state index is -1.29. The van der Waals surface area contributed by atoms with Crippen LogP contribution in [0.2, 0.25) is 0 Å². The van der Waals surface area contributed by atoms with Gasteiger partial charge >= 0.3 is 0 Å². The molecule has 1 saturated heterocycles. The van der Waals surface area contributed by atoms with Gasteiger partial charge in [-0.1, -0.05) is 54.6 Å². The second-order valence-electron chi connectivity index (χ2n) is 6.79. The van der Waals surface area contributed by atoms with Crippen LogP contribution in [0.3, 0.4) is 0 Å². The van der Waals surface area contributed by atoms with Crippen molar-refractivity contribution in [2.24, 2.45) is 0 Å². The maximum Gasteiger partial charge on any atom is 0.252 e. The van der Waals surface area contributed by atoms with Crippen LogP contribution < -0.4 is 5.32 Å². The minimum absolute atomic E-state index is 0.0399. The van der Waals surface area contributed by atoms with Crippen LogP contribution >= 0.6 is 0 Å². The largest absolute Gasteiger partial charge is 0.381 e. The second-order valence-corrected chi connectivity index (χ2v) is 6.79. The molecule has 0 bridgehead atoms. The molecule has 0 aromatic heterocycles. The Kier molecular flexibility index (Phi) is 5.51. The molecule has 1 heterocycles. The summed E-state index contributed by atoms with van der Waals surface area (Å²) in [5.41, 5.74) is 2.24. The van der Waals surface area contributed by atoms with Crippen molar-refractivity contribution >= 4 is 5.91 Å². The Hall–Kier alpha value is -2.17. The summed E-state index contributed by atoms with van der Waals surface area (Å²) in [5.74, 6) is -0.288. The summed E-state index contributed by atoms with van der Waals surface area (Å²) in [4.78, 5) is 12.3. The first-order valence-corrected chi connectivity index (χ1v) is 8.82. The Labute approximate surface area is 148 Å². The highest BCUT2D eigenvalue weighted by atomic mass is 16.5. The molecule has 1 atom stereocenters. The van der Waals surface area contributed by atoms with E-state index in [-0.39, 0.29) is 11.9 Å². The van der Waals surface area contributed by atoms with E-state index in [9.17, 15) is 9.90 Å². The monoisotopic (exact) mass is 339 g/mol. The zero-order valence-corrected chi connectivity index (χ0v) is 14.6. The van der Waals surface area contributed by atoms with Crippen molar-refractivity contribution in [2.45, 2.75) is 37.8 Å². The molecule has 1 fully saturated rings. The third-order valence-corrected chi connectivity index (χ3v) is 4.72. The van der Waals surface area contributed by atoms with E-state index in [2.05, 4.69) is 41.7 Å². The highest BCUT2D eigenvalue weighted by molar-refractivity contribution is 5.85. The first-order valence-electron chi connectivity index (χ1n) is 8.82. The highest BCUT2D eigenvalue weighted by Crippen LogP contribution is 2.22. The molecule has 0 unspecified atom stereocenters. The summed E-state index contributed by atoms with van der Waals surface area (Å²) in [6.07, 6.45) is 1.45. The molecular formula is C21H25NO3. The van der Waals surface area contributed by atoms with Crippen LogP contribution in [0.15, 0.2) is 54.6 Å². The normalized spacial score (nSPS) is 17.7. The number of hydrogen-bond acceptors (Lipinski definition) is 3. The lowest BCUT2D eigenvalue weighted by Crippen LogP contribution is -2.52. The van der Waals surface area contributed by atoms with Crippen molar-refractivity contribution in [3.63, 3.8) is 0 Å². The molecule has 2 N–H and O–H groups in total. The Balaban J connectivity index is 1.57. The molecule has 2 aromatic rings. The number of nitrogens with one attached hydrogen (secondary N) is 1. The van der Waals surface area contributed by atoms with Gasteiger partial charge in [0, 0.05) is 32.1 Å². The van der Waals surface area contributed by atoms with Gasteiger partial charge in [0.05, 0.1) is 0 Å². The molecule has 1 amide bonds. The Morgan fingerprint density at radius 3 is 2.32 bits per heavy atom. The quantitative estimate of drug-likeness (QED) is 0.880. The van der Waals surface area contributed by atoms with E-state index < -0.39 is 5.60 Å². The zero-order valence-electron chi connectivity index (χ0n) is 14.6. The molecule has 1 aliphatic rings. The molecule has 1 aliphatic heterocycles. The summed E-state index contributed by atoms with van der Waals surface area (Å²) in [7, 11) is 0. The third-order valence-electron chi connectivity index (χ3n) is 4.72. The van der Waals surface area contributed by atoms with E-state index in [1.165, 1.54) is 11.1 Å². The highest BCUT2D eigenvalue weighted by Gasteiger charge is 2.38. The van der Waals surface area contributed by atoms with Crippen molar-refractivity contribution in [1.29, 1.82) is 0 Å². The van der Waals surface area contributed by atoms with E-state index in [4.69, 9.17) is 4.74 Å². The van der Waals surface area contributed by atoms with Gasteiger partial charge in [-0.3, -0.25) is 4.79 Å². The van der Waals surface area contributed by atoms with Crippen LogP contribution in [-0.4, -0.2) is 35.9 Å². The van der Waals surface area contributed by atoms with Gasteiger partial charge < -0.3 is 15.2 Å². The van der Waals surface area contributed by atoms with Crippen molar-refractivity contribution in [1.82, 2.24) is 5.32 Å². The fourth-order valence-electron chi connectivity index (χ4n) is 3.16. The number of amides is 1. The van der Waals surface area contributed by atoms with Crippen LogP contribution in [-0.2, 0) is 16.0 Å². The predicted molar refractivity (Wildman–Crippen MR) is 98.2 cm³/mol. The van der Waals surface area contributed by atoms with E-state index in [1.54, 1.807) is 0 Å². The van der Waals surface area contributed by atoms with E-state index >= 15 is 0 Å². The van der Waals surface area contributed by atoms with Gasteiger partial charge in [-0.25, -0.2) is 0 Å². The second kappa shape index (κ2) is 7.81. The summed E-state index contributed by atoms with van der Waals surface area (Å²) in [5, 5.41) is 13.4. The molecular weight excluding hydrogens is 314 g/mol. The average Bonchev–Trinajstić information content (AvgIpc) is 2.63. The Bertz CT molecular complexity index is 691. The Morgan fingerprint density at radius 1 is 1.08 bits per heavy atom. The van der Waals surface area contributed by atoms with Crippen LogP contribution in [0.1, 0.15) is 25.3 Å². The molecule has 0 aliphatic carbocycles. The number of carbonyl (C=O) groups excluding carboxylic acids is 1. The van der Waals surface area contributed by atoms with Gasteiger partial charge in [-0.2, -0.15) is 0 Å². The summed E-state index contributed by atoms with van der Waals surface area (Å²) in [6, 6.07) is 18.6. The fourth-order valence-corrected chi connectivity index (χ4v) is 3.16. The van der Waals surface area contributed by atoms with Gasteiger partial charge in [0.25, 0.3) is 5.91 Å². The van der Waals surface area contributed by atoms with Crippen LogP contribution in [0.25, 0.3) is 11.1 Å². The van der Waals surface area contributed by atoms with Crippen molar-refractivity contribution < 1.29 is 14.6 Å². The number of ether oxygens (including phenoxy) is 1. The molecule has 0 spiro atoms. The van der Waals surface area contributed by atoms with Crippen molar-refractivity contribution in [3.8, 4) is 11.1 Å². The maximum atomic E-state index is 12.3. The molecule has 0 radical (unpaired) electrons. The van der Waals surface area contributed by atoms with Gasteiger partial charge in [0.1, 0.15) is 5.60 Å². The van der Waals surface area contributed by atoms with E-state index in [1.807, 2.05) is 25.1 Å². The number of rotatable bonds is 5. The molecule has 4 heteroatoms. The Morgan fingerprint density at radius 2 is 1.68 bits per heavy atom. The fraction of sp³-hybridized carbons (Fsp3) is 0.381. The lowest BCUT2D eigenvalue weighted by molar-refractivity contribution is -0.150. The van der Waals surface area contributed by atoms with Gasteiger partial charge in [-0.05, 0) is 30.0 Å². The molecule has 132 valence electrons. The van der Waals surface area contributed by atoms with Crippen LogP contribution in [0.5, 0.6) is 0 Å². The lowest BCUT2D eigenvalue weighted by atomic mass is 9.92.